The molecule has 0 aliphatic rings. The summed E-state index contributed by atoms with van der Waals surface area (Å²) in [7, 11) is 0. The second kappa shape index (κ2) is 5.66. The summed E-state index contributed by atoms with van der Waals surface area (Å²) in [5.41, 5.74) is 2.23. The van der Waals surface area contributed by atoms with Gasteiger partial charge in [0.1, 0.15) is 0 Å². The summed E-state index contributed by atoms with van der Waals surface area (Å²) < 4.78 is 1.08. The molecule has 0 bridgehead atoms. The first-order chi connectivity index (χ1) is 11.3. The Labute approximate surface area is 135 Å². The van der Waals surface area contributed by atoms with Gasteiger partial charge >= 0.3 is 0 Å². The number of H-pyrrole nitrogens is 1. The van der Waals surface area contributed by atoms with Crippen molar-refractivity contribution in [1.82, 2.24) is 15.0 Å². The van der Waals surface area contributed by atoms with Gasteiger partial charge < -0.3 is 5.32 Å². The van der Waals surface area contributed by atoms with E-state index in [0.29, 0.717) is 16.8 Å². The van der Waals surface area contributed by atoms with Crippen molar-refractivity contribution in [2.45, 2.75) is 0 Å². The molecule has 4 aromatic rings. The summed E-state index contributed by atoms with van der Waals surface area (Å²) in [6.07, 6.45) is 0. The van der Waals surface area contributed by atoms with E-state index in [0.717, 1.165) is 15.8 Å². The molecule has 0 radical (unpaired) electrons. The van der Waals surface area contributed by atoms with E-state index in [-0.39, 0.29) is 5.56 Å². The Bertz CT molecular complexity index is 990. The fourth-order valence-corrected chi connectivity index (χ4v) is 3.17. The molecule has 5 nitrogen and oxygen atoms in total. The normalized spacial score (nSPS) is 10.8. The number of thiazole rings is 1. The Morgan fingerprint density at radius 2 is 1.74 bits per heavy atom. The zero-order chi connectivity index (χ0) is 15.6. The summed E-state index contributed by atoms with van der Waals surface area (Å²) in [5.74, 6) is 0.385. The van der Waals surface area contributed by atoms with Crippen LogP contribution in [0.4, 0.5) is 11.1 Å². The van der Waals surface area contributed by atoms with Crippen LogP contribution in [0, 0.1) is 0 Å². The molecule has 0 aliphatic carbocycles. The van der Waals surface area contributed by atoms with Crippen molar-refractivity contribution in [2.24, 2.45) is 0 Å². The number of benzene rings is 2. The van der Waals surface area contributed by atoms with Crippen molar-refractivity contribution in [3.8, 4) is 11.3 Å². The van der Waals surface area contributed by atoms with Crippen LogP contribution in [0.3, 0.4) is 0 Å². The molecule has 0 atom stereocenters. The van der Waals surface area contributed by atoms with Crippen LogP contribution in [0.15, 0.2) is 65.5 Å². The largest absolute Gasteiger partial charge is 0.302 e. The quantitative estimate of drug-likeness (QED) is 0.602. The van der Waals surface area contributed by atoms with E-state index in [9.17, 15) is 4.79 Å². The average Bonchev–Trinajstić information content (AvgIpc) is 2.97. The predicted octanol–water partition coefficient (Wildman–Crippen LogP) is 3.79. The summed E-state index contributed by atoms with van der Waals surface area (Å²) >= 11 is 1.52. The highest BCUT2D eigenvalue weighted by Crippen LogP contribution is 2.27. The summed E-state index contributed by atoms with van der Waals surface area (Å²) in [6.45, 7) is 0. The second-order valence-electron chi connectivity index (χ2n) is 4.96. The Kier molecular flexibility index (Phi) is 3.36. The molecule has 2 N–H and O–H groups in total. The smallest absolute Gasteiger partial charge is 0.252 e. The number of hydrogen-bond donors (Lipinski definition) is 2. The van der Waals surface area contributed by atoms with Gasteiger partial charge in [-0.3, -0.25) is 9.78 Å². The third kappa shape index (κ3) is 2.84. The fraction of sp³-hybridized carbons (Fsp3) is 0. The van der Waals surface area contributed by atoms with Crippen LogP contribution in [0.1, 0.15) is 0 Å². The molecule has 0 fully saturated rings. The van der Waals surface area contributed by atoms with Gasteiger partial charge in [0.05, 0.1) is 15.9 Å². The number of nitrogens with one attached hydrogen (secondary N) is 2. The van der Waals surface area contributed by atoms with E-state index >= 15 is 0 Å². The number of aromatic amines is 1. The van der Waals surface area contributed by atoms with Crippen molar-refractivity contribution < 1.29 is 0 Å². The molecule has 0 amide bonds. The number of rotatable bonds is 3. The third-order valence-electron chi connectivity index (χ3n) is 3.33. The lowest BCUT2D eigenvalue weighted by Crippen LogP contribution is -2.10. The standard InChI is InChI=1S/C17H12N4OS/c22-15-10-13(11-6-2-1-3-7-11)18-16(20-15)21-17-19-12-8-4-5-9-14(12)23-17/h1-10H,(H2,18,19,20,21,22). The molecular weight excluding hydrogens is 308 g/mol. The maximum absolute atomic E-state index is 11.9. The van der Waals surface area contributed by atoms with E-state index in [1.165, 1.54) is 17.4 Å². The molecule has 6 heteroatoms. The van der Waals surface area contributed by atoms with Gasteiger partial charge in [0.2, 0.25) is 5.95 Å². The van der Waals surface area contributed by atoms with E-state index < -0.39 is 0 Å². The number of hydrogen-bond acceptors (Lipinski definition) is 5. The maximum Gasteiger partial charge on any atom is 0.252 e. The molecular formula is C17H12N4OS. The van der Waals surface area contributed by atoms with Crippen LogP contribution in [0.5, 0.6) is 0 Å². The van der Waals surface area contributed by atoms with Gasteiger partial charge in [-0.2, -0.15) is 0 Å². The van der Waals surface area contributed by atoms with Crippen molar-refractivity contribution in [2.75, 3.05) is 5.32 Å². The van der Waals surface area contributed by atoms with Crippen molar-refractivity contribution in [3.05, 3.63) is 71.0 Å². The average molecular weight is 320 g/mol. The molecule has 2 aromatic carbocycles. The molecule has 0 saturated heterocycles. The molecule has 0 spiro atoms. The van der Waals surface area contributed by atoms with Crippen LogP contribution < -0.4 is 10.9 Å². The van der Waals surface area contributed by atoms with Crippen LogP contribution in [-0.4, -0.2) is 15.0 Å². The summed E-state index contributed by atoms with van der Waals surface area (Å²) in [5, 5.41) is 3.78. The number of aromatic nitrogens is 3. The van der Waals surface area contributed by atoms with Gasteiger partial charge in [-0.1, -0.05) is 53.8 Å². The molecule has 0 aliphatic heterocycles. The lowest BCUT2D eigenvalue weighted by molar-refractivity contribution is 1.12. The Balaban J connectivity index is 1.71. The minimum atomic E-state index is -0.206. The zero-order valence-corrected chi connectivity index (χ0v) is 12.8. The van der Waals surface area contributed by atoms with Gasteiger partial charge in [0.15, 0.2) is 5.13 Å². The lowest BCUT2D eigenvalue weighted by atomic mass is 10.1. The van der Waals surface area contributed by atoms with Gasteiger partial charge in [-0.25, -0.2) is 9.97 Å². The van der Waals surface area contributed by atoms with Gasteiger partial charge in [0, 0.05) is 11.6 Å². The van der Waals surface area contributed by atoms with Gasteiger partial charge in [-0.15, -0.1) is 0 Å². The SMILES string of the molecule is O=c1cc(-c2ccccc2)nc(Nc2nc3ccccc3s2)[nH]1. The maximum atomic E-state index is 11.9. The monoisotopic (exact) mass is 320 g/mol. The highest BCUT2D eigenvalue weighted by molar-refractivity contribution is 7.22. The number of fused-ring (bicyclic) bond motifs is 1. The Morgan fingerprint density at radius 3 is 2.57 bits per heavy atom. The van der Waals surface area contributed by atoms with E-state index in [1.54, 1.807) is 0 Å². The Hall–Kier alpha value is -2.99. The van der Waals surface area contributed by atoms with Crippen LogP contribution in [0.2, 0.25) is 0 Å². The minimum absolute atomic E-state index is 0.206. The molecule has 0 saturated carbocycles. The van der Waals surface area contributed by atoms with Crippen LogP contribution in [0.25, 0.3) is 21.5 Å². The second-order valence-corrected chi connectivity index (χ2v) is 5.99. The van der Waals surface area contributed by atoms with E-state index in [4.69, 9.17) is 0 Å². The van der Waals surface area contributed by atoms with Crippen molar-refractivity contribution >= 4 is 32.6 Å². The van der Waals surface area contributed by atoms with E-state index in [1.807, 2.05) is 54.6 Å². The highest BCUT2D eigenvalue weighted by atomic mass is 32.1. The summed E-state index contributed by atoms with van der Waals surface area (Å²) in [6, 6.07) is 19.0. The topological polar surface area (TPSA) is 70.7 Å². The molecule has 2 heterocycles. The van der Waals surface area contributed by atoms with Crippen LogP contribution >= 0.6 is 11.3 Å². The first-order valence-corrected chi connectivity index (χ1v) is 7.89. The number of nitrogens with zero attached hydrogens (tertiary/aromatic N) is 2. The van der Waals surface area contributed by atoms with Gasteiger partial charge in [-0.05, 0) is 12.1 Å². The highest BCUT2D eigenvalue weighted by Gasteiger charge is 2.07. The minimum Gasteiger partial charge on any atom is -0.302 e. The van der Waals surface area contributed by atoms with Gasteiger partial charge in [0.25, 0.3) is 5.56 Å². The first kappa shape index (κ1) is 13.7. The zero-order valence-electron chi connectivity index (χ0n) is 12.0. The molecule has 23 heavy (non-hydrogen) atoms. The molecule has 112 valence electrons. The van der Waals surface area contributed by atoms with Crippen molar-refractivity contribution in [3.63, 3.8) is 0 Å². The van der Waals surface area contributed by atoms with Crippen LogP contribution in [-0.2, 0) is 0 Å². The molecule has 2 aromatic heterocycles. The molecule has 0 unspecified atom stereocenters. The lowest BCUT2D eigenvalue weighted by Gasteiger charge is -2.04. The fourth-order valence-electron chi connectivity index (χ4n) is 2.30. The third-order valence-corrected chi connectivity index (χ3v) is 4.28. The Morgan fingerprint density at radius 1 is 0.957 bits per heavy atom. The molecule has 4 rings (SSSR count). The first-order valence-electron chi connectivity index (χ1n) is 7.07. The van der Waals surface area contributed by atoms with Crippen molar-refractivity contribution in [1.29, 1.82) is 0 Å². The number of anilines is 2. The predicted molar refractivity (Wildman–Crippen MR) is 93.2 cm³/mol. The van der Waals surface area contributed by atoms with E-state index in [2.05, 4.69) is 20.3 Å². The number of para-hydroxylation sites is 1. The summed E-state index contributed by atoms with van der Waals surface area (Å²) in [4.78, 5) is 23.5.